The SMILES string of the molecule is CCC[C@@H](NC(=O)C1(CC)CCCC1)C(=O)O. The Kier molecular flexibility index (Phi) is 4.97. The first-order valence-corrected chi connectivity index (χ1v) is 6.59. The van der Waals surface area contributed by atoms with Crippen molar-refractivity contribution in [2.45, 2.75) is 64.8 Å². The first-order valence-electron chi connectivity index (χ1n) is 6.59. The van der Waals surface area contributed by atoms with Crippen LogP contribution in [0.2, 0.25) is 0 Å². The van der Waals surface area contributed by atoms with Crippen LogP contribution in [0.4, 0.5) is 0 Å². The Hall–Kier alpha value is -1.06. The van der Waals surface area contributed by atoms with Crippen LogP contribution in [0, 0.1) is 5.41 Å². The molecule has 2 N–H and O–H groups in total. The lowest BCUT2D eigenvalue weighted by Gasteiger charge is -2.28. The van der Waals surface area contributed by atoms with Crippen molar-refractivity contribution in [2.24, 2.45) is 5.41 Å². The van der Waals surface area contributed by atoms with Crippen LogP contribution in [-0.2, 0) is 9.59 Å². The molecule has 17 heavy (non-hydrogen) atoms. The van der Waals surface area contributed by atoms with Crippen LogP contribution in [0.15, 0.2) is 0 Å². The van der Waals surface area contributed by atoms with Gasteiger partial charge in [-0.2, -0.15) is 0 Å². The van der Waals surface area contributed by atoms with Gasteiger partial charge in [0.25, 0.3) is 0 Å². The lowest BCUT2D eigenvalue weighted by molar-refractivity contribution is -0.144. The van der Waals surface area contributed by atoms with Gasteiger partial charge in [-0.15, -0.1) is 0 Å². The van der Waals surface area contributed by atoms with Crippen LogP contribution in [0.5, 0.6) is 0 Å². The van der Waals surface area contributed by atoms with Crippen molar-refractivity contribution < 1.29 is 14.7 Å². The molecule has 1 aliphatic rings. The quantitative estimate of drug-likeness (QED) is 0.750. The van der Waals surface area contributed by atoms with Gasteiger partial charge in [-0.1, -0.05) is 33.1 Å². The largest absolute Gasteiger partial charge is 0.480 e. The van der Waals surface area contributed by atoms with Crippen molar-refractivity contribution in [3.63, 3.8) is 0 Å². The molecule has 0 saturated heterocycles. The van der Waals surface area contributed by atoms with E-state index in [-0.39, 0.29) is 11.3 Å². The molecule has 1 rings (SSSR count). The second-order valence-corrected chi connectivity index (χ2v) is 4.99. The normalized spacial score (nSPS) is 19.9. The van der Waals surface area contributed by atoms with E-state index in [2.05, 4.69) is 5.32 Å². The summed E-state index contributed by atoms with van der Waals surface area (Å²) in [6, 6.07) is -0.725. The summed E-state index contributed by atoms with van der Waals surface area (Å²) >= 11 is 0. The zero-order valence-corrected chi connectivity index (χ0v) is 10.8. The van der Waals surface area contributed by atoms with Crippen LogP contribution in [-0.4, -0.2) is 23.0 Å². The molecule has 0 bridgehead atoms. The minimum atomic E-state index is -0.926. The van der Waals surface area contributed by atoms with Crippen LogP contribution < -0.4 is 5.32 Å². The topological polar surface area (TPSA) is 66.4 Å². The van der Waals surface area contributed by atoms with Crippen molar-refractivity contribution >= 4 is 11.9 Å². The van der Waals surface area contributed by atoms with Crippen molar-refractivity contribution in [3.8, 4) is 0 Å². The summed E-state index contributed by atoms with van der Waals surface area (Å²) in [5, 5.41) is 11.8. The Morgan fingerprint density at radius 3 is 2.29 bits per heavy atom. The van der Waals surface area contributed by atoms with Gasteiger partial charge in [-0.3, -0.25) is 4.79 Å². The molecule has 0 heterocycles. The third-order valence-corrected chi connectivity index (χ3v) is 3.90. The smallest absolute Gasteiger partial charge is 0.326 e. The van der Waals surface area contributed by atoms with E-state index in [1.807, 2.05) is 13.8 Å². The van der Waals surface area contributed by atoms with Crippen molar-refractivity contribution in [1.82, 2.24) is 5.32 Å². The van der Waals surface area contributed by atoms with E-state index in [0.29, 0.717) is 6.42 Å². The maximum absolute atomic E-state index is 12.2. The monoisotopic (exact) mass is 241 g/mol. The number of amides is 1. The van der Waals surface area contributed by atoms with Gasteiger partial charge < -0.3 is 10.4 Å². The molecule has 0 radical (unpaired) electrons. The maximum atomic E-state index is 12.2. The van der Waals surface area contributed by atoms with Gasteiger partial charge in [0.2, 0.25) is 5.91 Å². The summed E-state index contributed by atoms with van der Waals surface area (Å²) in [5.74, 6) is -0.984. The number of carboxylic acids is 1. The summed E-state index contributed by atoms with van der Waals surface area (Å²) in [6.07, 6.45) is 6.01. The summed E-state index contributed by atoms with van der Waals surface area (Å²) in [6.45, 7) is 3.94. The highest BCUT2D eigenvalue weighted by molar-refractivity contribution is 5.87. The number of hydrogen-bond acceptors (Lipinski definition) is 2. The molecule has 1 amide bonds. The first kappa shape index (κ1) is 14.0. The van der Waals surface area contributed by atoms with Gasteiger partial charge in [-0.05, 0) is 25.7 Å². The predicted molar refractivity (Wildman–Crippen MR) is 65.7 cm³/mol. The summed E-state index contributed by atoms with van der Waals surface area (Å²) in [5.41, 5.74) is -0.304. The Morgan fingerprint density at radius 2 is 1.88 bits per heavy atom. The minimum absolute atomic E-state index is 0.0571. The van der Waals surface area contributed by atoms with Gasteiger partial charge in [0.05, 0.1) is 0 Å². The zero-order valence-electron chi connectivity index (χ0n) is 10.8. The van der Waals surface area contributed by atoms with Crippen molar-refractivity contribution in [2.75, 3.05) is 0 Å². The standard InChI is InChI=1S/C13H23NO3/c1-3-7-10(11(15)16)14-12(17)13(4-2)8-5-6-9-13/h10H,3-9H2,1-2H3,(H,14,17)(H,15,16)/t10-/m1/s1. The van der Waals surface area contributed by atoms with Gasteiger partial charge in [0.1, 0.15) is 6.04 Å². The maximum Gasteiger partial charge on any atom is 0.326 e. The van der Waals surface area contributed by atoms with E-state index in [4.69, 9.17) is 5.11 Å². The summed E-state index contributed by atoms with van der Waals surface area (Å²) < 4.78 is 0. The lowest BCUT2D eigenvalue weighted by Crippen LogP contribution is -2.47. The Labute approximate surface area is 103 Å². The van der Waals surface area contributed by atoms with Crippen molar-refractivity contribution in [1.29, 1.82) is 0 Å². The third-order valence-electron chi connectivity index (χ3n) is 3.90. The molecule has 1 saturated carbocycles. The molecule has 0 aromatic heterocycles. The predicted octanol–water partition coefficient (Wildman–Crippen LogP) is 2.33. The van der Waals surface area contributed by atoms with E-state index < -0.39 is 12.0 Å². The first-order chi connectivity index (χ1) is 8.05. The Morgan fingerprint density at radius 1 is 1.29 bits per heavy atom. The fraction of sp³-hybridized carbons (Fsp3) is 0.846. The van der Waals surface area contributed by atoms with E-state index in [1.54, 1.807) is 0 Å². The molecule has 4 heteroatoms. The average molecular weight is 241 g/mol. The molecule has 1 atom stereocenters. The minimum Gasteiger partial charge on any atom is -0.480 e. The highest BCUT2D eigenvalue weighted by Crippen LogP contribution is 2.41. The van der Waals surface area contributed by atoms with Crippen LogP contribution in [0.1, 0.15) is 58.8 Å². The molecule has 0 unspecified atom stereocenters. The molecule has 0 spiro atoms. The molecule has 0 aromatic rings. The number of nitrogens with one attached hydrogen (secondary N) is 1. The van der Waals surface area contributed by atoms with E-state index in [0.717, 1.165) is 38.5 Å². The number of rotatable bonds is 6. The van der Waals surface area contributed by atoms with Crippen LogP contribution in [0.3, 0.4) is 0 Å². The Bertz CT molecular complexity index is 282. The van der Waals surface area contributed by atoms with E-state index >= 15 is 0 Å². The number of hydrogen-bond donors (Lipinski definition) is 2. The highest BCUT2D eigenvalue weighted by Gasteiger charge is 2.40. The molecule has 1 fully saturated rings. The fourth-order valence-corrected chi connectivity index (χ4v) is 2.65. The fourth-order valence-electron chi connectivity index (χ4n) is 2.65. The number of carbonyl (C=O) groups is 2. The Balaban J connectivity index is 2.65. The van der Waals surface area contributed by atoms with Gasteiger partial charge in [0, 0.05) is 5.41 Å². The van der Waals surface area contributed by atoms with Gasteiger partial charge >= 0.3 is 5.97 Å². The zero-order chi connectivity index (χ0) is 12.9. The van der Waals surface area contributed by atoms with Crippen LogP contribution >= 0.6 is 0 Å². The van der Waals surface area contributed by atoms with Gasteiger partial charge in [-0.25, -0.2) is 4.79 Å². The average Bonchev–Trinajstić information content (AvgIpc) is 2.78. The molecular weight excluding hydrogens is 218 g/mol. The molecule has 4 nitrogen and oxygen atoms in total. The molecule has 0 aromatic carbocycles. The molecular formula is C13H23NO3. The number of aliphatic carboxylic acids is 1. The number of carboxylic acid groups (broad SMARTS) is 1. The van der Waals surface area contributed by atoms with Crippen molar-refractivity contribution in [3.05, 3.63) is 0 Å². The third kappa shape index (κ3) is 3.20. The molecule has 98 valence electrons. The molecule has 1 aliphatic carbocycles. The van der Waals surface area contributed by atoms with Crippen LogP contribution in [0.25, 0.3) is 0 Å². The molecule has 0 aliphatic heterocycles. The second kappa shape index (κ2) is 6.03. The summed E-state index contributed by atoms with van der Waals surface area (Å²) in [7, 11) is 0. The van der Waals surface area contributed by atoms with Gasteiger partial charge in [0.15, 0.2) is 0 Å². The van der Waals surface area contributed by atoms with E-state index in [9.17, 15) is 9.59 Å². The number of carbonyl (C=O) groups excluding carboxylic acids is 1. The second-order valence-electron chi connectivity index (χ2n) is 4.99. The highest BCUT2D eigenvalue weighted by atomic mass is 16.4. The lowest BCUT2D eigenvalue weighted by atomic mass is 9.82. The summed E-state index contributed by atoms with van der Waals surface area (Å²) in [4.78, 5) is 23.2. The van der Waals surface area contributed by atoms with E-state index in [1.165, 1.54) is 0 Å².